The Bertz CT molecular complexity index is 900. The molecule has 0 aliphatic rings. The van der Waals surface area contributed by atoms with Crippen molar-refractivity contribution in [2.75, 3.05) is 5.32 Å². The van der Waals surface area contributed by atoms with Crippen LogP contribution in [0.15, 0.2) is 41.2 Å². The summed E-state index contributed by atoms with van der Waals surface area (Å²) in [5.74, 6) is 0.0803. The fourth-order valence-electron chi connectivity index (χ4n) is 1.76. The summed E-state index contributed by atoms with van der Waals surface area (Å²) in [6.45, 7) is 0. The van der Waals surface area contributed by atoms with E-state index in [9.17, 15) is 13.2 Å². The summed E-state index contributed by atoms with van der Waals surface area (Å²) in [7, 11) is 0. The lowest BCUT2D eigenvalue weighted by molar-refractivity contribution is -0.274. The lowest BCUT2D eigenvalue weighted by atomic mass is 10.2. The molecule has 0 atom stereocenters. The van der Waals surface area contributed by atoms with Crippen molar-refractivity contribution < 1.29 is 22.4 Å². The van der Waals surface area contributed by atoms with Gasteiger partial charge in [-0.3, -0.25) is 5.32 Å². The van der Waals surface area contributed by atoms with Crippen LogP contribution >= 0.6 is 0 Å². The first-order chi connectivity index (χ1) is 11.9. The second kappa shape index (κ2) is 6.44. The maximum Gasteiger partial charge on any atom is 0.573 e. The number of alkyl halides is 3. The third kappa shape index (κ3) is 4.20. The highest BCUT2D eigenvalue weighted by atomic mass is 19.4. The SMILES string of the molecule is N#Cc1cnc(Nc2nc(-c3ccc(OC(F)(F)F)cc3)no2)cn1. The third-order valence-corrected chi connectivity index (χ3v) is 2.77. The summed E-state index contributed by atoms with van der Waals surface area (Å²) in [4.78, 5) is 11.8. The first kappa shape index (κ1) is 16.2. The van der Waals surface area contributed by atoms with Gasteiger partial charge in [0.15, 0.2) is 11.5 Å². The van der Waals surface area contributed by atoms with Gasteiger partial charge in [0.25, 0.3) is 0 Å². The molecular weight excluding hydrogens is 341 g/mol. The number of nitrogens with zero attached hydrogens (tertiary/aromatic N) is 5. The van der Waals surface area contributed by atoms with E-state index in [1.54, 1.807) is 0 Å². The summed E-state index contributed by atoms with van der Waals surface area (Å²) >= 11 is 0. The molecule has 0 aliphatic carbocycles. The minimum absolute atomic E-state index is 0.00428. The second-order valence-corrected chi connectivity index (χ2v) is 4.52. The first-order valence-corrected chi connectivity index (χ1v) is 6.62. The number of nitriles is 1. The number of hydrogen-bond donors (Lipinski definition) is 1. The molecule has 11 heteroatoms. The molecule has 0 unspecified atom stereocenters. The fraction of sp³-hybridized carbons (Fsp3) is 0.0714. The van der Waals surface area contributed by atoms with Gasteiger partial charge >= 0.3 is 12.4 Å². The highest BCUT2D eigenvalue weighted by Gasteiger charge is 2.31. The van der Waals surface area contributed by atoms with Gasteiger partial charge in [-0.05, 0) is 24.3 Å². The Morgan fingerprint density at radius 1 is 1.12 bits per heavy atom. The van der Waals surface area contributed by atoms with Gasteiger partial charge in [0, 0.05) is 5.56 Å². The average Bonchev–Trinajstić information content (AvgIpc) is 3.03. The lowest BCUT2D eigenvalue weighted by Crippen LogP contribution is -2.16. The number of halogens is 3. The maximum absolute atomic E-state index is 12.1. The number of benzene rings is 1. The Morgan fingerprint density at radius 2 is 1.88 bits per heavy atom. The molecule has 8 nitrogen and oxygen atoms in total. The molecule has 0 saturated carbocycles. The molecule has 0 bridgehead atoms. The molecule has 2 heterocycles. The van der Waals surface area contributed by atoms with Crippen LogP contribution in [0.4, 0.5) is 25.0 Å². The molecule has 3 rings (SSSR count). The quantitative estimate of drug-likeness (QED) is 0.766. The Labute approximate surface area is 137 Å². The Kier molecular flexibility index (Phi) is 4.17. The molecule has 0 amide bonds. The van der Waals surface area contributed by atoms with Crippen LogP contribution in [0.2, 0.25) is 0 Å². The highest BCUT2D eigenvalue weighted by molar-refractivity contribution is 5.57. The molecule has 0 spiro atoms. The number of aromatic nitrogens is 4. The average molecular weight is 348 g/mol. The molecular formula is C14H7F3N6O2. The van der Waals surface area contributed by atoms with Crippen LogP contribution in [0.3, 0.4) is 0 Å². The number of hydrogen-bond acceptors (Lipinski definition) is 8. The van der Waals surface area contributed by atoms with E-state index in [0.717, 1.165) is 12.1 Å². The van der Waals surface area contributed by atoms with Crippen LogP contribution in [0.1, 0.15) is 5.69 Å². The smallest absolute Gasteiger partial charge is 0.406 e. The zero-order valence-corrected chi connectivity index (χ0v) is 12.2. The lowest BCUT2D eigenvalue weighted by Gasteiger charge is -2.08. The molecule has 2 aromatic heterocycles. The molecule has 1 N–H and O–H groups in total. The summed E-state index contributed by atoms with van der Waals surface area (Å²) < 4.78 is 45.1. The van der Waals surface area contributed by atoms with E-state index in [-0.39, 0.29) is 29.1 Å². The van der Waals surface area contributed by atoms with Crippen molar-refractivity contribution in [2.45, 2.75) is 6.36 Å². The largest absolute Gasteiger partial charge is 0.573 e. The van der Waals surface area contributed by atoms with Crippen molar-refractivity contribution in [1.82, 2.24) is 20.1 Å². The molecule has 3 aromatic rings. The van der Waals surface area contributed by atoms with E-state index in [1.807, 2.05) is 6.07 Å². The molecule has 25 heavy (non-hydrogen) atoms. The van der Waals surface area contributed by atoms with Crippen molar-refractivity contribution in [3.63, 3.8) is 0 Å². The fourth-order valence-corrected chi connectivity index (χ4v) is 1.76. The number of ether oxygens (including phenoxy) is 1. The van der Waals surface area contributed by atoms with Gasteiger partial charge in [-0.1, -0.05) is 5.16 Å². The molecule has 1 aromatic carbocycles. The summed E-state index contributed by atoms with van der Waals surface area (Å²) in [5.41, 5.74) is 0.579. The third-order valence-electron chi connectivity index (χ3n) is 2.77. The van der Waals surface area contributed by atoms with Gasteiger partial charge in [-0.25, -0.2) is 9.97 Å². The van der Waals surface area contributed by atoms with E-state index >= 15 is 0 Å². The monoisotopic (exact) mass is 348 g/mol. The molecule has 0 radical (unpaired) electrons. The van der Waals surface area contributed by atoms with Crippen LogP contribution in [-0.4, -0.2) is 26.5 Å². The Morgan fingerprint density at radius 3 is 2.48 bits per heavy atom. The number of nitrogens with one attached hydrogen (secondary N) is 1. The van der Waals surface area contributed by atoms with E-state index < -0.39 is 6.36 Å². The molecule has 0 saturated heterocycles. The molecule has 0 aliphatic heterocycles. The van der Waals surface area contributed by atoms with Crippen LogP contribution in [0.5, 0.6) is 5.75 Å². The Hall–Kier alpha value is -3.68. The maximum atomic E-state index is 12.1. The van der Waals surface area contributed by atoms with Crippen molar-refractivity contribution in [3.05, 3.63) is 42.4 Å². The van der Waals surface area contributed by atoms with E-state index in [4.69, 9.17) is 9.78 Å². The van der Waals surface area contributed by atoms with Gasteiger partial charge in [0.2, 0.25) is 5.82 Å². The van der Waals surface area contributed by atoms with Gasteiger partial charge in [-0.15, -0.1) is 13.2 Å². The second-order valence-electron chi connectivity index (χ2n) is 4.52. The normalized spacial score (nSPS) is 11.0. The molecule has 126 valence electrons. The summed E-state index contributed by atoms with van der Waals surface area (Å²) in [5, 5.41) is 15.0. The summed E-state index contributed by atoms with van der Waals surface area (Å²) in [6.07, 6.45) is -2.18. The Balaban J connectivity index is 1.71. The van der Waals surface area contributed by atoms with E-state index in [1.165, 1.54) is 24.5 Å². The standard InChI is InChI=1S/C14H7F3N6O2/c15-14(16,17)24-10-3-1-8(2-4-10)12-22-13(25-23-12)21-11-7-19-9(5-18)6-20-11/h1-4,6-7H,(H,20,21,22,23). The van der Waals surface area contributed by atoms with E-state index in [0.29, 0.717) is 5.56 Å². The molecule has 0 fully saturated rings. The zero-order valence-electron chi connectivity index (χ0n) is 12.2. The van der Waals surface area contributed by atoms with Crippen molar-refractivity contribution >= 4 is 11.8 Å². The van der Waals surface area contributed by atoms with Gasteiger partial charge in [-0.2, -0.15) is 10.2 Å². The van der Waals surface area contributed by atoms with Crippen LogP contribution in [0.25, 0.3) is 11.4 Å². The van der Waals surface area contributed by atoms with Crippen molar-refractivity contribution in [2.24, 2.45) is 0 Å². The van der Waals surface area contributed by atoms with Crippen molar-refractivity contribution in [3.8, 4) is 23.2 Å². The highest BCUT2D eigenvalue weighted by Crippen LogP contribution is 2.26. The number of anilines is 2. The number of rotatable bonds is 4. The van der Waals surface area contributed by atoms with E-state index in [2.05, 4.69) is 30.2 Å². The predicted molar refractivity (Wildman–Crippen MR) is 76.4 cm³/mol. The summed E-state index contributed by atoms with van der Waals surface area (Å²) in [6, 6.07) is 6.82. The van der Waals surface area contributed by atoms with Gasteiger partial charge in [0.1, 0.15) is 11.8 Å². The topological polar surface area (TPSA) is 110 Å². The predicted octanol–water partition coefficient (Wildman–Crippen LogP) is 3.04. The zero-order chi connectivity index (χ0) is 17.9. The minimum atomic E-state index is -4.76. The van der Waals surface area contributed by atoms with Crippen LogP contribution in [0, 0.1) is 11.3 Å². The van der Waals surface area contributed by atoms with Crippen LogP contribution < -0.4 is 10.1 Å². The van der Waals surface area contributed by atoms with Crippen LogP contribution in [-0.2, 0) is 0 Å². The van der Waals surface area contributed by atoms with Gasteiger partial charge < -0.3 is 9.26 Å². The van der Waals surface area contributed by atoms with Crippen molar-refractivity contribution in [1.29, 1.82) is 5.26 Å². The first-order valence-electron chi connectivity index (χ1n) is 6.62. The van der Waals surface area contributed by atoms with Gasteiger partial charge in [0.05, 0.1) is 12.4 Å². The minimum Gasteiger partial charge on any atom is -0.406 e.